The van der Waals surface area contributed by atoms with E-state index in [0.717, 1.165) is 28.8 Å². The van der Waals surface area contributed by atoms with Gasteiger partial charge in [0.25, 0.3) is 0 Å². The lowest BCUT2D eigenvalue weighted by Crippen LogP contribution is -2.12. The van der Waals surface area contributed by atoms with Gasteiger partial charge in [-0.15, -0.1) is 0 Å². The maximum absolute atomic E-state index is 6.28. The maximum Gasteiger partial charge on any atom is 0.207 e. The van der Waals surface area contributed by atoms with Gasteiger partial charge in [-0.05, 0) is 30.5 Å². The molecule has 96 valence electrons. The number of aromatic nitrogens is 2. The second-order valence-electron chi connectivity index (χ2n) is 4.85. The molecule has 3 nitrogen and oxygen atoms in total. The summed E-state index contributed by atoms with van der Waals surface area (Å²) in [5.41, 5.74) is 2.10. The Balaban J connectivity index is 2.30. The van der Waals surface area contributed by atoms with Gasteiger partial charge in [-0.25, -0.2) is 4.98 Å². The van der Waals surface area contributed by atoms with Gasteiger partial charge < -0.3 is 5.32 Å². The quantitative estimate of drug-likeness (QED) is 0.907. The summed E-state index contributed by atoms with van der Waals surface area (Å²) >= 11 is 6.28. The molecular formula is C14H18ClN3. The fourth-order valence-electron chi connectivity index (χ4n) is 1.73. The van der Waals surface area contributed by atoms with Crippen LogP contribution in [0, 0.1) is 12.8 Å². The average Bonchev–Trinajstić information content (AvgIpc) is 2.74. The van der Waals surface area contributed by atoms with Gasteiger partial charge >= 0.3 is 0 Å². The van der Waals surface area contributed by atoms with E-state index in [1.54, 1.807) is 6.20 Å². The number of rotatable bonds is 4. The molecule has 1 N–H and O–H groups in total. The van der Waals surface area contributed by atoms with E-state index in [4.69, 9.17) is 11.6 Å². The lowest BCUT2D eigenvalue weighted by Gasteiger charge is -2.12. The Morgan fingerprint density at radius 1 is 1.39 bits per heavy atom. The second-order valence-corrected chi connectivity index (χ2v) is 5.26. The molecule has 0 saturated heterocycles. The average molecular weight is 264 g/mol. The van der Waals surface area contributed by atoms with Crippen molar-refractivity contribution in [1.29, 1.82) is 0 Å². The predicted octanol–water partition coefficient (Wildman–Crippen LogP) is 3.90. The van der Waals surface area contributed by atoms with Crippen LogP contribution in [0.25, 0.3) is 5.69 Å². The molecule has 0 radical (unpaired) electrons. The van der Waals surface area contributed by atoms with Gasteiger partial charge in [0.2, 0.25) is 5.95 Å². The van der Waals surface area contributed by atoms with Crippen molar-refractivity contribution in [3.05, 3.63) is 41.2 Å². The van der Waals surface area contributed by atoms with Crippen LogP contribution in [0.1, 0.15) is 19.4 Å². The highest BCUT2D eigenvalue weighted by Gasteiger charge is 2.08. The van der Waals surface area contributed by atoms with Gasteiger partial charge in [-0.2, -0.15) is 0 Å². The number of hydrogen-bond acceptors (Lipinski definition) is 2. The molecule has 0 fully saturated rings. The third-order valence-electron chi connectivity index (χ3n) is 2.67. The van der Waals surface area contributed by atoms with E-state index in [1.165, 1.54) is 0 Å². The largest absolute Gasteiger partial charge is 0.355 e. The first-order valence-electron chi connectivity index (χ1n) is 6.11. The molecule has 4 heteroatoms. The Morgan fingerprint density at radius 2 is 2.17 bits per heavy atom. The summed E-state index contributed by atoms with van der Waals surface area (Å²) in [5, 5.41) is 4.06. The molecule has 0 saturated carbocycles. The molecule has 18 heavy (non-hydrogen) atoms. The minimum absolute atomic E-state index is 0.573. The number of aryl methyl sites for hydroxylation is 1. The van der Waals surface area contributed by atoms with Gasteiger partial charge in [-0.1, -0.05) is 31.5 Å². The van der Waals surface area contributed by atoms with Crippen LogP contribution in [-0.2, 0) is 0 Å². The van der Waals surface area contributed by atoms with Gasteiger partial charge in [0, 0.05) is 18.9 Å². The smallest absolute Gasteiger partial charge is 0.207 e. The normalized spacial score (nSPS) is 10.9. The Labute approximate surface area is 113 Å². The molecule has 0 atom stereocenters. The van der Waals surface area contributed by atoms with Gasteiger partial charge in [0.1, 0.15) is 0 Å². The predicted molar refractivity (Wildman–Crippen MR) is 76.6 cm³/mol. The fourth-order valence-corrected chi connectivity index (χ4v) is 2.06. The van der Waals surface area contributed by atoms with Crippen molar-refractivity contribution in [3.8, 4) is 5.69 Å². The van der Waals surface area contributed by atoms with Crippen molar-refractivity contribution in [2.45, 2.75) is 20.8 Å². The summed E-state index contributed by atoms with van der Waals surface area (Å²) in [7, 11) is 0. The standard InChI is InChI=1S/C14H18ClN3/c1-10(2)9-17-14-16-6-7-18(14)13-5-4-11(3)8-12(13)15/h4-8,10H,9H2,1-3H3,(H,16,17). The van der Waals surface area contributed by atoms with E-state index in [2.05, 4.69) is 24.1 Å². The van der Waals surface area contributed by atoms with E-state index < -0.39 is 0 Å². The van der Waals surface area contributed by atoms with Crippen molar-refractivity contribution in [1.82, 2.24) is 9.55 Å². The van der Waals surface area contributed by atoms with Crippen molar-refractivity contribution >= 4 is 17.5 Å². The lowest BCUT2D eigenvalue weighted by molar-refractivity contribution is 0.683. The number of benzene rings is 1. The summed E-state index contributed by atoms with van der Waals surface area (Å²) < 4.78 is 1.98. The van der Waals surface area contributed by atoms with Crippen LogP contribution in [0.15, 0.2) is 30.6 Å². The third kappa shape index (κ3) is 2.85. The molecule has 0 spiro atoms. The Kier molecular flexibility index (Phi) is 3.92. The topological polar surface area (TPSA) is 29.9 Å². The number of anilines is 1. The molecular weight excluding hydrogens is 246 g/mol. The van der Waals surface area contributed by atoms with E-state index in [1.807, 2.05) is 35.9 Å². The van der Waals surface area contributed by atoms with Crippen LogP contribution in [-0.4, -0.2) is 16.1 Å². The van der Waals surface area contributed by atoms with E-state index in [-0.39, 0.29) is 0 Å². The first-order chi connectivity index (χ1) is 8.58. The SMILES string of the molecule is Cc1ccc(-n2ccnc2NCC(C)C)c(Cl)c1. The summed E-state index contributed by atoms with van der Waals surface area (Å²) in [4.78, 5) is 4.32. The van der Waals surface area contributed by atoms with Crippen LogP contribution in [0.5, 0.6) is 0 Å². The molecule has 0 aliphatic carbocycles. The molecule has 0 aliphatic heterocycles. The summed E-state index contributed by atoms with van der Waals surface area (Å²) in [6.07, 6.45) is 3.69. The Morgan fingerprint density at radius 3 is 2.83 bits per heavy atom. The highest BCUT2D eigenvalue weighted by Crippen LogP contribution is 2.24. The highest BCUT2D eigenvalue weighted by molar-refractivity contribution is 6.32. The molecule has 2 aromatic rings. The molecule has 0 aliphatic rings. The van der Waals surface area contributed by atoms with Gasteiger partial charge in [-0.3, -0.25) is 4.57 Å². The molecule has 1 aromatic heterocycles. The number of halogens is 1. The second kappa shape index (κ2) is 5.44. The summed E-state index contributed by atoms with van der Waals surface area (Å²) in [5.74, 6) is 1.40. The highest BCUT2D eigenvalue weighted by atomic mass is 35.5. The lowest BCUT2D eigenvalue weighted by atomic mass is 10.2. The molecule has 2 rings (SSSR count). The summed E-state index contributed by atoms with van der Waals surface area (Å²) in [6.45, 7) is 7.25. The first-order valence-corrected chi connectivity index (χ1v) is 6.49. The van der Waals surface area contributed by atoms with Crippen molar-refractivity contribution in [2.24, 2.45) is 5.92 Å². The number of imidazole rings is 1. The fraction of sp³-hybridized carbons (Fsp3) is 0.357. The van der Waals surface area contributed by atoms with Crippen molar-refractivity contribution in [3.63, 3.8) is 0 Å². The number of nitrogens with one attached hydrogen (secondary N) is 1. The zero-order valence-electron chi connectivity index (χ0n) is 10.9. The van der Waals surface area contributed by atoms with E-state index in [0.29, 0.717) is 5.92 Å². The van der Waals surface area contributed by atoms with Gasteiger partial charge in [0.05, 0.1) is 10.7 Å². The molecule has 0 unspecified atom stereocenters. The van der Waals surface area contributed by atoms with E-state index >= 15 is 0 Å². The Hall–Kier alpha value is -1.48. The first kappa shape index (κ1) is 13.0. The minimum Gasteiger partial charge on any atom is -0.355 e. The zero-order chi connectivity index (χ0) is 13.1. The molecule has 0 bridgehead atoms. The monoisotopic (exact) mass is 263 g/mol. The maximum atomic E-state index is 6.28. The summed E-state index contributed by atoms with van der Waals surface area (Å²) in [6, 6.07) is 6.02. The molecule has 1 aromatic carbocycles. The van der Waals surface area contributed by atoms with Gasteiger partial charge in [0.15, 0.2) is 0 Å². The number of hydrogen-bond donors (Lipinski definition) is 1. The zero-order valence-corrected chi connectivity index (χ0v) is 11.7. The third-order valence-corrected chi connectivity index (χ3v) is 2.97. The van der Waals surface area contributed by atoms with Crippen LogP contribution in [0.3, 0.4) is 0 Å². The van der Waals surface area contributed by atoms with Crippen LogP contribution in [0.4, 0.5) is 5.95 Å². The number of nitrogens with zero attached hydrogens (tertiary/aromatic N) is 2. The van der Waals surface area contributed by atoms with Crippen molar-refractivity contribution in [2.75, 3.05) is 11.9 Å². The van der Waals surface area contributed by atoms with Crippen LogP contribution >= 0.6 is 11.6 Å². The Bertz CT molecular complexity index is 532. The van der Waals surface area contributed by atoms with E-state index in [9.17, 15) is 0 Å². The van der Waals surface area contributed by atoms with Crippen molar-refractivity contribution < 1.29 is 0 Å². The van der Waals surface area contributed by atoms with Crippen LogP contribution in [0.2, 0.25) is 5.02 Å². The molecule has 1 heterocycles. The molecule has 0 amide bonds. The minimum atomic E-state index is 0.573. The van der Waals surface area contributed by atoms with Crippen LogP contribution < -0.4 is 5.32 Å².